The number of benzene rings is 1. The molecular formula is C14H12F3N3OS. The molecule has 1 unspecified atom stereocenters. The topological polar surface area (TPSA) is 50.9 Å². The molecule has 1 aromatic carbocycles. The zero-order valence-corrected chi connectivity index (χ0v) is 12.3. The van der Waals surface area contributed by atoms with Gasteiger partial charge in [-0.3, -0.25) is 0 Å². The fourth-order valence-electron chi connectivity index (χ4n) is 2.15. The quantitative estimate of drug-likeness (QED) is 0.801. The number of halogens is 3. The van der Waals surface area contributed by atoms with Crippen molar-refractivity contribution in [3.63, 3.8) is 0 Å². The number of imidazole rings is 1. The Morgan fingerprint density at radius 2 is 2.00 bits per heavy atom. The first-order valence-corrected chi connectivity index (χ1v) is 7.37. The van der Waals surface area contributed by atoms with E-state index in [9.17, 15) is 18.3 Å². The predicted molar refractivity (Wildman–Crippen MR) is 77.5 cm³/mol. The van der Waals surface area contributed by atoms with Crippen LogP contribution in [0, 0.1) is 0 Å². The number of para-hydroxylation sites is 2. The van der Waals surface area contributed by atoms with Gasteiger partial charge in [0.2, 0.25) is 0 Å². The third-order valence-corrected chi connectivity index (χ3v) is 3.98. The lowest BCUT2D eigenvalue weighted by molar-refractivity contribution is -0.257. The summed E-state index contributed by atoms with van der Waals surface area (Å²) in [5, 5.41) is 11.5. The summed E-state index contributed by atoms with van der Waals surface area (Å²) in [6.07, 6.45) is -4.74. The second-order valence-corrected chi connectivity index (χ2v) is 5.87. The van der Waals surface area contributed by atoms with E-state index >= 15 is 0 Å². The molecule has 22 heavy (non-hydrogen) atoms. The van der Waals surface area contributed by atoms with E-state index in [1.807, 2.05) is 0 Å². The van der Waals surface area contributed by atoms with Crippen LogP contribution in [0.4, 0.5) is 13.2 Å². The van der Waals surface area contributed by atoms with Gasteiger partial charge in [0.05, 0.1) is 23.1 Å². The van der Waals surface area contributed by atoms with Gasteiger partial charge in [-0.1, -0.05) is 12.1 Å². The third-order valence-electron chi connectivity index (χ3n) is 3.39. The molecule has 2 heterocycles. The maximum absolute atomic E-state index is 13.0. The normalized spacial score (nSPS) is 15.1. The summed E-state index contributed by atoms with van der Waals surface area (Å²) in [6.45, 7) is 0.108. The van der Waals surface area contributed by atoms with Gasteiger partial charge in [-0.05, 0) is 19.1 Å². The number of nitrogens with zero attached hydrogens (tertiary/aromatic N) is 3. The summed E-state index contributed by atoms with van der Waals surface area (Å²) < 4.78 is 40.4. The molecule has 0 aliphatic carbocycles. The minimum Gasteiger partial charge on any atom is -0.379 e. The van der Waals surface area contributed by atoms with Crippen LogP contribution in [-0.4, -0.2) is 31.4 Å². The lowest BCUT2D eigenvalue weighted by atomic mass is 10.1. The molecule has 0 fully saturated rings. The van der Waals surface area contributed by atoms with Crippen LogP contribution in [-0.2, 0) is 6.54 Å². The molecule has 0 saturated heterocycles. The molecule has 8 heteroatoms. The summed E-state index contributed by atoms with van der Waals surface area (Å²) in [7, 11) is 0. The highest BCUT2D eigenvalue weighted by atomic mass is 32.1. The Hall–Kier alpha value is -1.93. The van der Waals surface area contributed by atoms with Crippen molar-refractivity contribution in [2.45, 2.75) is 25.2 Å². The molecule has 0 bridgehead atoms. The molecule has 0 amide bonds. The summed E-state index contributed by atoms with van der Waals surface area (Å²) in [5.74, 6) is 0.312. The Kier molecular flexibility index (Phi) is 3.45. The number of alkyl halides is 3. The van der Waals surface area contributed by atoms with Gasteiger partial charge in [-0.25, -0.2) is 9.97 Å². The van der Waals surface area contributed by atoms with Crippen LogP contribution in [0.3, 0.4) is 0 Å². The van der Waals surface area contributed by atoms with Gasteiger partial charge in [0.1, 0.15) is 5.69 Å². The van der Waals surface area contributed by atoms with Crippen molar-refractivity contribution < 1.29 is 18.3 Å². The van der Waals surface area contributed by atoms with Crippen LogP contribution in [0.2, 0.25) is 0 Å². The summed E-state index contributed by atoms with van der Waals surface area (Å²) in [5.41, 5.74) is 0.292. The number of hydrogen-bond donors (Lipinski definition) is 1. The number of fused-ring (bicyclic) bond motifs is 1. The van der Waals surface area contributed by atoms with Gasteiger partial charge >= 0.3 is 6.18 Å². The fourth-order valence-corrected chi connectivity index (χ4v) is 2.68. The van der Waals surface area contributed by atoms with Gasteiger partial charge < -0.3 is 9.67 Å². The Balaban J connectivity index is 2.17. The van der Waals surface area contributed by atoms with Crippen molar-refractivity contribution in [3.8, 4) is 11.5 Å². The van der Waals surface area contributed by atoms with Gasteiger partial charge in [0, 0.05) is 5.38 Å². The number of rotatable bonds is 3. The molecule has 0 saturated carbocycles. The first-order chi connectivity index (χ1) is 10.3. The van der Waals surface area contributed by atoms with Crippen LogP contribution in [0.25, 0.3) is 22.6 Å². The van der Waals surface area contributed by atoms with Gasteiger partial charge in [0.25, 0.3) is 0 Å². The zero-order chi connectivity index (χ0) is 16.0. The highest BCUT2D eigenvalue weighted by molar-refractivity contribution is 7.07. The largest absolute Gasteiger partial charge is 0.418 e. The highest BCUT2D eigenvalue weighted by Crippen LogP contribution is 2.34. The minimum atomic E-state index is -4.74. The number of thiazole rings is 1. The summed E-state index contributed by atoms with van der Waals surface area (Å²) in [4.78, 5) is 8.46. The molecule has 3 aromatic rings. The summed E-state index contributed by atoms with van der Waals surface area (Å²) >= 11 is 1.33. The lowest BCUT2D eigenvalue weighted by Gasteiger charge is -2.27. The first kappa shape index (κ1) is 15.0. The molecule has 0 radical (unpaired) electrons. The van der Waals surface area contributed by atoms with E-state index in [0.29, 0.717) is 22.6 Å². The van der Waals surface area contributed by atoms with Gasteiger partial charge in [0.15, 0.2) is 11.4 Å². The second kappa shape index (κ2) is 5.06. The highest BCUT2D eigenvalue weighted by Gasteiger charge is 2.50. The Morgan fingerprint density at radius 1 is 1.27 bits per heavy atom. The fraction of sp³-hybridized carbons (Fsp3) is 0.286. The Morgan fingerprint density at radius 3 is 2.64 bits per heavy atom. The van der Waals surface area contributed by atoms with E-state index < -0.39 is 18.3 Å². The van der Waals surface area contributed by atoms with Crippen LogP contribution >= 0.6 is 11.3 Å². The molecule has 3 rings (SSSR count). The van der Waals surface area contributed by atoms with Crippen molar-refractivity contribution in [3.05, 3.63) is 35.2 Å². The molecule has 0 spiro atoms. The minimum absolute atomic E-state index is 0.312. The van der Waals surface area contributed by atoms with E-state index in [1.54, 1.807) is 35.2 Å². The predicted octanol–water partition coefficient (Wildman–Crippen LogP) is 3.47. The zero-order valence-electron chi connectivity index (χ0n) is 11.5. The molecule has 4 nitrogen and oxygen atoms in total. The van der Waals surface area contributed by atoms with Crippen LogP contribution < -0.4 is 0 Å². The average molecular weight is 327 g/mol. The Labute approximate surface area is 127 Å². The SMILES string of the molecule is CC(O)(Cn1c(-c2cscn2)nc2ccccc21)C(F)(F)F. The smallest absolute Gasteiger partial charge is 0.379 e. The van der Waals surface area contributed by atoms with Crippen molar-refractivity contribution in [1.82, 2.24) is 14.5 Å². The van der Waals surface area contributed by atoms with Crippen LogP contribution in [0.1, 0.15) is 6.92 Å². The van der Waals surface area contributed by atoms with E-state index in [-0.39, 0.29) is 0 Å². The molecule has 1 N–H and O–H groups in total. The number of aromatic nitrogens is 3. The average Bonchev–Trinajstić information content (AvgIpc) is 3.05. The van der Waals surface area contributed by atoms with Gasteiger partial charge in [-0.15, -0.1) is 11.3 Å². The van der Waals surface area contributed by atoms with Crippen molar-refractivity contribution in [1.29, 1.82) is 0 Å². The second-order valence-electron chi connectivity index (χ2n) is 5.16. The molecule has 0 aliphatic heterocycles. The summed E-state index contributed by atoms with van der Waals surface area (Å²) in [6, 6.07) is 6.86. The maximum atomic E-state index is 13.0. The number of hydrogen-bond acceptors (Lipinski definition) is 4. The van der Waals surface area contributed by atoms with Crippen LogP contribution in [0.15, 0.2) is 35.2 Å². The van der Waals surface area contributed by atoms with Crippen molar-refractivity contribution in [2.24, 2.45) is 0 Å². The van der Waals surface area contributed by atoms with Gasteiger partial charge in [-0.2, -0.15) is 13.2 Å². The maximum Gasteiger partial charge on any atom is 0.418 e. The number of aliphatic hydroxyl groups is 1. The van der Waals surface area contributed by atoms with Crippen LogP contribution in [0.5, 0.6) is 0 Å². The lowest BCUT2D eigenvalue weighted by Crippen LogP contribution is -2.45. The van der Waals surface area contributed by atoms with E-state index in [0.717, 1.165) is 6.92 Å². The Bertz CT molecular complexity index is 793. The first-order valence-electron chi connectivity index (χ1n) is 6.42. The third kappa shape index (κ3) is 2.48. The molecule has 116 valence electrons. The molecule has 0 aliphatic rings. The monoisotopic (exact) mass is 327 g/mol. The van der Waals surface area contributed by atoms with E-state index in [1.165, 1.54) is 15.9 Å². The van der Waals surface area contributed by atoms with E-state index in [4.69, 9.17) is 0 Å². The van der Waals surface area contributed by atoms with Crippen molar-refractivity contribution in [2.75, 3.05) is 0 Å². The van der Waals surface area contributed by atoms with Crippen molar-refractivity contribution >= 4 is 22.4 Å². The molecular weight excluding hydrogens is 315 g/mol. The molecule has 2 aromatic heterocycles. The molecule has 1 atom stereocenters. The standard InChI is InChI=1S/C14H12F3N3OS/c1-13(21,14(15,16)17)7-20-11-5-3-2-4-9(11)19-12(20)10-6-22-8-18-10/h2-6,8,21H,7H2,1H3. The van der Waals surface area contributed by atoms with E-state index in [2.05, 4.69) is 9.97 Å².